The van der Waals surface area contributed by atoms with Gasteiger partial charge < -0.3 is 20.3 Å². The molecule has 6 nitrogen and oxygen atoms in total. The van der Waals surface area contributed by atoms with Crippen LogP contribution in [0.4, 0.5) is 0 Å². The number of rotatable bonds is 64. The molecule has 0 aliphatic heterocycles. The minimum Gasteiger partial charge on any atom is -0.466 e. The summed E-state index contributed by atoms with van der Waals surface area (Å²) in [6, 6.07) is -0.539. The summed E-state index contributed by atoms with van der Waals surface area (Å²) in [5.74, 6) is -0.0108. The molecule has 0 aliphatic carbocycles. The molecule has 0 aromatic carbocycles. The van der Waals surface area contributed by atoms with Gasteiger partial charge in [0.15, 0.2) is 0 Å². The first-order valence-corrected chi connectivity index (χ1v) is 33.8. The van der Waals surface area contributed by atoms with Gasteiger partial charge in [-0.3, -0.25) is 9.59 Å². The molecule has 73 heavy (non-hydrogen) atoms. The molecule has 0 aromatic heterocycles. The van der Waals surface area contributed by atoms with E-state index in [1.165, 1.54) is 321 Å². The molecular weight excluding hydrogens is 899 g/mol. The number of ether oxygens (including phenoxy) is 1. The van der Waals surface area contributed by atoms with Gasteiger partial charge in [0, 0.05) is 12.8 Å². The van der Waals surface area contributed by atoms with Crippen LogP contribution in [0.5, 0.6) is 0 Å². The van der Waals surface area contributed by atoms with Crippen LogP contribution in [0.3, 0.4) is 0 Å². The van der Waals surface area contributed by atoms with Crippen LogP contribution in [0.15, 0.2) is 0 Å². The van der Waals surface area contributed by atoms with E-state index in [9.17, 15) is 19.8 Å². The number of nitrogens with one attached hydrogen (secondary N) is 1. The van der Waals surface area contributed by atoms with Crippen molar-refractivity contribution in [3.63, 3.8) is 0 Å². The molecule has 0 bridgehead atoms. The predicted molar refractivity (Wildman–Crippen MR) is 320 cm³/mol. The Balaban J connectivity index is 3.33. The lowest BCUT2D eigenvalue weighted by Gasteiger charge is -2.22. The van der Waals surface area contributed by atoms with Crippen LogP contribution in [0.2, 0.25) is 0 Å². The maximum absolute atomic E-state index is 12.5. The average molecular weight is 1030 g/mol. The van der Waals surface area contributed by atoms with Crippen molar-refractivity contribution in [1.29, 1.82) is 0 Å². The van der Waals surface area contributed by atoms with Crippen LogP contribution >= 0.6 is 0 Å². The van der Waals surface area contributed by atoms with Gasteiger partial charge in [0.2, 0.25) is 5.91 Å². The van der Waals surface area contributed by atoms with Crippen molar-refractivity contribution in [3.05, 3.63) is 0 Å². The standard InChI is InChI=1S/C67H133NO5/c1-3-5-7-9-11-13-15-17-19-20-26-30-33-37-41-45-49-53-57-61-67(72)73-62-58-54-50-46-42-38-34-31-28-25-23-21-22-24-27-29-32-36-40-44-48-52-56-60-66(71)68-64(63-69)65(70)59-55-51-47-43-39-35-18-16-14-12-10-8-6-4-2/h64-65,69-70H,3-63H2,1-2H3,(H,68,71). The van der Waals surface area contributed by atoms with E-state index in [0.717, 1.165) is 38.5 Å². The quantitative estimate of drug-likeness (QED) is 0.0417. The van der Waals surface area contributed by atoms with Crippen molar-refractivity contribution in [2.45, 2.75) is 405 Å². The second kappa shape index (κ2) is 63.4. The number of amides is 1. The molecule has 0 heterocycles. The number of hydrogen-bond donors (Lipinski definition) is 3. The van der Waals surface area contributed by atoms with Crippen molar-refractivity contribution in [2.24, 2.45) is 0 Å². The molecule has 0 spiro atoms. The fraction of sp³-hybridized carbons (Fsp3) is 0.970. The highest BCUT2D eigenvalue weighted by Crippen LogP contribution is 2.19. The highest BCUT2D eigenvalue weighted by atomic mass is 16.5. The van der Waals surface area contributed by atoms with Gasteiger partial charge in [0.1, 0.15) is 0 Å². The Morgan fingerprint density at radius 2 is 0.562 bits per heavy atom. The normalized spacial score (nSPS) is 12.4. The SMILES string of the molecule is CCCCCCCCCCCCCCCCCCCCCC(=O)OCCCCCCCCCCCCCCCCCCCCCCCCCC(=O)NC(CO)C(O)CCCCCCCCCCCCCCCC. The Morgan fingerprint density at radius 1 is 0.329 bits per heavy atom. The van der Waals surface area contributed by atoms with Crippen LogP contribution in [-0.2, 0) is 14.3 Å². The Labute approximate surface area is 457 Å². The summed E-state index contributed by atoms with van der Waals surface area (Å²) in [4.78, 5) is 24.6. The zero-order valence-corrected chi connectivity index (χ0v) is 49.9. The van der Waals surface area contributed by atoms with E-state index in [1.807, 2.05) is 0 Å². The first-order chi connectivity index (χ1) is 36.0. The lowest BCUT2D eigenvalue weighted by molar-refractivity contribution is -0.143. The van der Waals surface area contributed by atoms with E-state index in [1.54, 1.807) is 0 Å². The number of unbranched alkanes of at least 4 members (excludes halogenated alkanes) is 53. The Kier molecular flexibility index (Phi) is 62.4. The first kappa shape index (κ1) is 71.9. The first-order valence-electron chi connectivity index (χ1n) is 33.8. The second-order valence-electron chi connectivity index (χ2n) is 23.5. The van der Waals surface area contributed by atoms with Gasteiger partial charge in [-0.1, -0.05) is 354 Å². The molecule has 0 radical (unpaired) electrons. The zero-order chi connectivity index (χ0) is 52.9. The van der Waals surface area contributed by atoms with E-state index < -0.39 is 12.1 Å². The van der Waals surface area contributed by atoms with E-state index >= 15 is 0 Å². The molecule has 0 aromatic rings. The molecule has 3 N–H and O–H groups in total. The molecule has 0 rings (SSSR count). The summed E-state index contributed by atoms with van der Waals surface area (Å²) in [5, 5.41) is 23.3. The number of esters is 1. The lowest BCUT2D eigenvalue weighted by Crippen LogP contribution is -2.45. The van der Waals surface area contributed by atoms with Crippen LogP contribution in [0.25, 0.3) is 0 Å². The highest BCUT2D eigenvalue weighted by molar-refractivity contribution is 5.76. The van der Waals surface area contributed by atoms with E-state index in [4.69, 9.17) is 4.74 Å². The van der Waals surface area contributed by atoms with Gasteiger partial charge in [-0.15, -0.1) is 0 Å². The summed E-state index contributed by atoms with van der Waals surface area (Å²) < 4.78 is 5.51. The Bertz CT molecular complexity index is 1050. The minimum absolute atomic E-state index is 0.0205. The summed E-state index contributed by atoms with van der Waals surface area (Å²) in [7, 11) is 0. The van der Waals surface area contributed by atoms with Crippen molar-refractivity contribution in [1.82, 2.24) is 5.32 Å². The van der Waals surface area contributed by atoms with Crippen molar-refractivity contribution in [3.8, 4) is 0 Å². The predicted octanol–water partition coefficient (Wildman–Crippen LogP) is 21.4. The average Bonchev–Trinajstić information content (AvgIpc) is 3.39. The molecule has 1 amide bonds. The van der Waals surface area contributed by atoms with Gasteiger partial charge in [0.05, 0.1) is 25.4 Å². The molecule has 0 saturated heterocycles. The molecule has 6 heteroatoms. The second-order valence-corrected chi connectivity index (χ2v) is 23.5. The van der Waals surface area contributed by atoms with Gasteiger partial charge in [0.25, 0.3) is 0 Å². The number of aliphatic hydroxyl groups excluding tert-OH is 2. The molecule has 0 saturated carbocycles. The summed E-state index contributed by atoms with van der Waals surface area (Å²) in [6.07, 6.45) is 75.6. The van der Waals surface area contributed by atoms with Crippen LogP contribution in [-0.4, -0.2) is 47.4 Å². The third-order valence-electron chi connectivity index (χ3n) is 16.2. The fourth-order valence-electron chi connectivity index (χ4n) is 11.0. The van der Waals surface area contributed by atoms with Gasteiger partial charge in [-0.2, -0.15) is 0 Å². The maximum Gasteiger partial charge on any atom is 0.305 e. The van der Waals surface area contributed by atoms with E-state index in [2.05, 4.69) is 19.2 Å². The molecule has 2 unspecified atom stereocenters. The molecule has 436 valence electrons. The topological polar surface area (TPSA) is 95.9 Å². The third-order valence-corrected chi connectivity index (χ3v) is 16.2. The van der Waals surface area contributed by atoms with Crippen molar-refractivity contribution < 1.29 is 24.5 Å². The smallest absolute Gasteiger partial charge is 0.305 e. The monoisotopic (exact) mass is 1030 g/mol. The molecule has 0 fully saturated rings. The molecule has 0 aliphatic rings. The van der Waals surface area contributed by atoms with Crippen molar-refractivity contribution in [2.75, 3.05) is 13.2 Å². The van der Waals surface area contributed by atoms with Crippen LogP contribution in [0, 0.1) is 0 Å². The Morgan fingerprint density at radius 3 is 0.836 bits per heavy atom. The van der Waals surface area contributed by atoms with Gasteiger partial charge in [-0.05, 0) is 25.7 Å². The number of hydrogen-bond acceptors (Lipinski definition) is 5. The summed E-state index contributed by atoms with van der Waals surface area (Å²) in [5.41, 5.74) is 0. The minimum atomic E-state index is -0.662. The maximum atomic E-state index is 12.5. The van der Waals surface area contributed by atoms with E-state index in [0.29, 0.717) is 25.9 Å². The van der Waals surface area contributed by atoms with Crippen LogP contribution in [0.1, 0.15) is 393 Å². The van der Waals surface area contributed by atoms with Crippen LogP contribution < -0.4 is 5.32 Å². The van der Waals surface area contributed by atoms with E-state index in [-0.39, 0.29) is 18.5 Å². The number of carbonyl (C=O) groups is 2. The summed E-state index contributed by atoms with van der Waals surface area (Å²) in [6.45, 7) is 4.99. The number of carbonyl (C=O) groups excluding carboxylic acids is 2. The van der Waals surface area contributed by atoms with Gasteiger partial charge in [-0.25, -0.2) is 0 Å². The lowest BCUT2D eigenvalue weighted by atomic mass is 10.0. The fourth-order valence-corrected chi connectivity index (χ4v) is 11.0. The third kappa shape index (κ3) is 60.0. The highest BCUT2D eigenvalue weighted by Gasteiger charge is 2.20. The summed E-state index contributed by atoms with van der Waals surface area (Å²) >= 11 is 0. The largest absolute Gasteiger partial charge is 0.466 e. The number of aliphatic hydroxyl groups is 2. The van der Waals surface area contributed by atoms with Gasteiger partial charge >= 0.3 is 5.97 Å². The zero-order valence-electron chi connectivity index (χ0n) is 49.9. The molecular formula is C67H133NO5. The molecule has 2 atom stereocenters. The van der Waals surface area contributed by atoms with Crippen molar-refractivity contribution >= 4 is 11.9 Å². The Hall–Kier alpha value is -1.14.